The van der Waals surface area contributed by atoms with Gasteiger partial charge in [-0.3, -0.25) is 0 Å². The lowest BCUT2D eigenvalue weighted by molar-refractivity contribution is 0.944. The van der Waals surface area contributed by atoms with Gasteiger partial charge in [-0.15, -0.1) is 15.8 Å². The van der Waals surface area contributed by atoms with E-state index in [1.165, 1.54) is 11.1 Å². The molecule has 0 radical (unpaired) electrons. The normalized spacial score (nSPS) is 9.83. The summed E-state index contributed by atoms with van der Waals surface area (Å²) < 4.78 is 0. The lowest BCUT2D eigenvalue weighted by Crippen LogP contribution is -2.15. The largest absolute Gasteiger partial charge is 0.344 e. The van der Waals surface area contributed by atoms with Gasteiger partial charge in [-0.2, -0.15) is 0 Å². The molecule has 18 heavy (non-hydrogen) atoms. The zero-order valence-corrected chi connectivity index (χ0v) is 11.7. The molecule has 0 aliphatic rings. The van der Waals surface area contributed by atoms with Crippen LogP contribution in [-0.2, 0) is 5.16 Å². The van der Waals surface area contributed by atoms with Crippen molar-refractivity contribution >= 4 is 9.24 Å². The van der Waals surface area contributed by atoms with Crippen LogP contribution in [0.25, 0.3) is 0 Å². The molecule has 1 unspecified atom stereocenters. The molecule has 96 valence electrons. The summed E-state index contributed by atoms with van der Waals surface area (Å²) >= 11 is 0. The monoisotopic (exact) mass is 260 g/mol. The van der Waals surface area contributed by atoms with Crippen LogP contribution in [0.1, 0.15) is 11.1 Å². The number of allylic oxidation sites excluding steroid dienone is 1. The molecule has 0 spiro atoms. The summed E-state index contributed by atoms with van der Waals surface area (Å²) in [6.07, 6.45) is 1.97. The predicted octanol–water partition coefficient (Wildman–Crippen LogP) is 4.32. The third-order valence-electron chi connectivity index (χ3n) is 2.82. The Morgan fingerprint density at radius 1 is 0.778 bits per heavy atom. The van der Waals surface area contributed by atoms with Crippen molar-refractivity contribution in [3.05, 3.63) is 84.4 Å². The van der Waals surface area contributed by atoms with Crippen molar-refractivity contribution in [3.8, 4) is 0 Å². The first kappa shape index (κ1) is 16.5. The van der Waals surface area contributed by atoms with Gasteiger partial charge in [0.15, 0.2) is 0 Å². The number of rotatable bonds is 3. The van der Waals surface area contributed by atoms with Crippen LogP contribution in [0.4, 0.5) is 0 Å². The Kier molecular flexibility index (Phi) is 6.50. The average molecular weight is 260 g/mol. The highest BCUT2D eigenvalue weighted by molar-refractivity contribution is 7.19. The minimum absolute atomic E-state index is 0. The molecule has 2 rings (SSSR count). The fourth-order valence-corrected chi connectivity index (χ4v) is 2.22. The van der Waals surface area contributed by atoms with Gasteiger partial charge in [0.25, 0.3) is 0 Å². The van der Waals surface area contributed by atoms with E-state index in [2.05, 4.69) is 64.3 Å². The van der Waals surface area contributed by atoms with Crippen LogP contribution >= 0.6 is 9.24 Å². The predicted molar refractivity (Wildman–Crippen MR) is 83.6 cm³/mol. The lowest BCUT2D eigenvalue weighted by atomic mass is 9.90. The van der Waals surface area contributed by atoms with Gasteiger partial charge >= 0.3 is 0 Å². The van der Waals surface area contributed by atoms with Crippen molar-refractivity contribution in [1.82, 2.24) is 12.3 Å². The molecular formula is C15H21N2P. The number of hydrogen-bond donors (Lipinski definition) is 2. The standard InChI is InChI=1S/C15H15P.2H3N/c1-2-15(16,13-9-5-3-6-10-13)14-11-7-4-8-12-14;;/h2-12H,1,16H2;2*1H3. The quantitative estimate of drug-likeness (QED) is 0.637. The Labute approximate surface area is 111 Å². The molecule has 0 amide bonds. The Hall–Kier alpha value is -1.47. The number of hydrogen-bond acceptors (Lipinski definition) is 2. The van der Waals surface area contributed by atoms with Crippen molar-refractivity contribution in [2.24, 2.45) is 0 Å². The molecule has 0 saturated carbocycles. The molecule has 2 aromatic rings. The van der Waals surface area contributed by atoms with E-state index in [1.807, 2.05) is 18.2 Å². The third kappa shape index (κ3) is 3.05. The fraction of sp³-hybridized carbons (Fsp3) is 0.0667. The second-order valence-electron chi connectivity index (χ2n) is 3.81. The van der Waals surface area contributed by atoms with E-state index in [1.54, 1.807) is 0 Å². The van der Waals surface area contributed by atoms with Crippen LogP contribution < -0.4 is 12.3 Å². The summed E-state index contributed by atoms with van der Waals surface area (Å²) in [5.41, 5.74) is 2.47. The van der Waals surface area contributed by atoms with Gasteiger partial charge in [-0.1, -0.05) is 66.7 Å². The Morgan fingerprint density at radius 3 is 1.39 bits per heavy atom. The summed E-state index contributed by atoms with van der Waals surface area (Å²) in [7, 11) is 2.90. The second-order valence-corrected chi connectivity index (χ2v) is 4.72. The third-order valence-corrected chi connectivity index (χ3v) is 3.73. The van der Waals surface area contributed by atoms with Crippen LogP contribution in [0.15, 0.2) is 73.3 Å². The Balaban J connectivity index is 0.00000144. The molecule has 0 aromatic heterocycles. The molecule has 0 fully saturated rings. The van der Waals surface area contributed by atoms with Gasteiger partial charge in [0.1, 0.15) is 0 Å². The van der Waals surface area contributed by atoms with Crippen LogP contribution in [0.2, 0.25) is 0 Å². The molecule has 0 aliphatic carbocycles. The first-order valence-corrected chi connectivity index (χ1v) is 5.88. The highest BCUT2D eigenvalue weighted by Gasteiger charge is 2.24. The lowest BCUT2D eigenvalue weighted by Gasteiger charge is -2.26. The summed E-state index contributed by atoms with van der Waals surface area (Å²) in [4.78, 5) is 0. The highest BCUT2D eigenvalue weighted by atomic mass is 31.0. The molecule has 2 nitrogen and oxygen atoms in total. The SMILES string of the molecule is C=CC(P)(c1ccccc1)c1ccccc1.N.N. The van der Waals surface area contributed by atoms with Gasteiger partial charge in [-0.05, 0) is 11.1 Å². The maximum atomic E-state index is 3.96. The molecule has 1 atom stereocenters. The van der Waals surface area contributed by atoms with Crippen LogP contribution in [0.5, 0.6) is 0 Å². The van der Waals surface area contributed by atoms with Crippen molar-refractivity contribution in [2.75, 3.05) is 0 Å². The molecule has 0 heterocycles. The maximum absolute atomic E-state index is 3.96. The topological polar surface area (TPSA) is 70.0 Å². The van der Waals surface area contributed by atoms with Crippen molar-refractivity contribution in [3.63, 3.8) is 0 Å². The Morgan fingerprint density at radius 2 is 1.11 bits per heavy atom. The molecule has 0 bridgehead atoms. The van der Waals surface area contributed by atoms with E-state index in [-0.39, 0.29) is 17.5 Å². The first-order chi connectivity index (χ1) is 7.77. The van der Waals surface area contributed by atoms with Gasteiger partial charge in [0, 0.05) is 0 Å². The van der Waals surface area contributed by atoms with Gasteiger partial charge in [0.05, 0.1) is 5.16 Å². The zero-order valence-electron chi connectivity index (χ0n) is 10.5. The Bertz CT molecular complexity index is 429. The fourth-order valence-electron chi connectivity index (χ4n) is 1.83. The van der Waals surface area contributed by atoms with E-state index in [0.717, 1.165) is 0 Å². The molecular weight excluding hydrogens is 239 g/mol. The summed E-state index contributed by atoms with van der Waals surface area (Å²) in [5, 5.41) is -0.192. The van der Waals surface area contributed by atoms with Crippen molar-refractivity contribution in [1.29, 1.82) is 0 Å². The van der Waals surface area contributed by atoms with E-state index < -0.39 is 0 Å². The molecule has 0 saturated heterocycles. The van der Waals surface area contributed by atoms with E-state index in [9.17, 15) is 0 Å². The number of benzene rings is 2. The smallest absolute Gasteiger partial charge is 0.0519 e. The van der Waals surface area contributed by atoms with E-state index in [4.69, 9.17) is 0 Å². The average Bonchev–Trinajstić information content (AvgIpc) is 2.40. The summed E-state index contributed by atoms with van der Waals surface area (Å²) in [6, 6.07) is 20.8. The van der Waals surface area contributed by atoms with Gasteiger partial charge < -0.3 is 12.3 Å². The van der Waals surface area contributed by atoms with Gasteiger partial charge in [0.2, 0.25) is 0 Å². The molecule has 0 aliphatic heterocycles. The molecule has 6 N–H and O–H groups in total. The van der Waals surface area contributed by atoms with Crippen LogP contribution in [0, 0.1) is 0 Å². The summed E-state index contributed by atoms with van der Waals surface area (Å²) in [6.45, 7) is 3.96. The molecule has 2 aromatic carbocycles. The molecule has 3 heteroatoms. The van der Waals surface area contributed by atoms with Gasteiger partial charge in [-0.25, -0.2) is 0 Å². The van der Waals surface area contributed by atoms with Crippen molar-refractivity contribution in [2.45, 2.75) is 5.16 Å². The van der Waals surface area contributed by atoms with E-state index >= 15 is 0 Å². The zero-order chi connectivity index (χ0) is 11.4. The highest BCUT2D eigenvalue weighted by Crippen LogP contribution is 2.39. The minimum Gasteiger partial charge on any atom is -0.344 e. The second kappa shape index (κ2) is 7.07. The maximum Gasteiger partial charge on any atom is 0.0519 e. The summed E-state index contributed by atoms with van der Waals surface area (Å²) in [5.74, 6) is 0. The van der Waals surface area contributed by atoms with Crippen molar-refractivity contribution < 1.29 is 0 Å². The van der Waals surface area contributed by atoms with Crippen LogP contribution in [0.3, 0.4) is 0 Å². The first-order valence-electron chi connectivity index (χ1n) is 5.31. The minimum atomic E-state index is -0.192. The van der Waals surface area contributed by atoms with E-state index in [0.29, 0.717) is 0 Å². The van der Waals surface area contributed by atoms with Crippen LogP contribution in [-0.4, -0.2) is 0 Å².